The summed E-state index contributed by atoms with van der Waals surface area (Å²) in [4.78, 5) is 14.8. The second-order valence-electron chi connectivity index (χ2n) is 3.59. The van der Waals surface area contributed by atoms with Crippen molar-refractivity contribution < 1.29 is 22.0 Å². The number of hydrogen-bond donors (Lipinski definition) is 1. The average molecular weight is 279 g/mol. The Kier molecular flexibility index (Phi) is 3.13. The number of nitrogens with zero attached hydrogens (tertiary/aromatic N) is 2. The van der Waals surface area contributed by atoms with Crippen LogP contribution >= 0.6 is 0 Å². The first-order chi connectivity index (χ1) is 8.79. The van der Waals surface area contributed by atoms with Crippen LogP contribution in [0.5, 0.6) is 0 Å². The molecule has 0 aliphatic heterocycles. The van der Waals surface area contributed by atoms with E-state index in [2.05, 4.69) is 10.1 Å². The van der Waals surface area contributed by atoms with Gasteiger partial charge in [0.1, 0.15) is 5.69 Å². The molecule has 0 aliphatic rings. The lowest BCUT2D eigenvalue weighted by atomic mass is 10.3. The van der Waals surface area contributed by atoms with E-state index in [-0.39, 0.29) is 5.82 Å². The summed E-state index contributed by atoms with van der Waals surface area (Å²) >= 11 is 0. The van der Waals surface area contributed by atoms with Gasteiger partial charge in [0.05, 0.1) is 5.56 Å². The molecular weight excluding hydrogens is 273 g/mol. The van der Waals surface area contributed by atoms with E-state index < -0.39 is 29.4 Å². The highest BCUT2D eigenvalue weighted by atomic mass is 19.4. The number of H-pyrrole nitrogens is 1. The number of nitrogens with one attached hydrogen (secondary N) is 1. The molecule has 0 amide bonds. The largest absolute Gasteiger partial charge is 0.417 e. The highest BCUT2D eigenvalue weighted by molar-refractivity contribution is 5.26. The highest BCUT2D eigenvalue weighted by Gasteiger charge is 2.30. The number of halogens is 5. The number of aromatic nitrogens is 3. The Labute approximate surface area is 102 Å². The molecule has 0 aromatic carbocycles. The smallest absolute Gasteiger partial charge is 0.288 e. The van der Waals surface area contributed by atoms with E-state index in [1.807, 2.05) is 0 Å². The van der Waals surface area contributed by atoms with Crippen LogP contribution in [0.25, 0.3) is 5.82 Å². The summed E-state index contributed by atoms with van der Waals surface area (Å²) < 4.78 is 62.2. The lowest BCUT2D eigenvalue weighted by Gasteiger charge is -2.06. The number of pyridine rings is 1. The molecule has 9 heteroatoms. The van der Waals surface area contributed by atoms with Crippen LogP contribution in [0.3, 0.4) is 0 Å². The van der Waals surface area contributed by atoms with Crippen LogP contribution in [-0.4, -0.2) is 14.8 Å². The van der Waals surface area contributed by atoms with Gasteiger partial charge in [0.2, 0.25) is 0 Å². The zero-order valence-electron chi connectivity index (χ0n) is 9.08. The van der Waals surface area contributed by atoms with Gasteiger partial charge in [0.15, 0.2) is 5.82 Å². The first kappa shape index (κ1) is 13.2. The molecule has 2 rings (SSSR count). The van der Waals surface area contributed by atoms with Crippen molar-refractivity contribution in [2.75, 3.05) is 0 Å². The molecule has 2 heterocycles. The molecule has 0 unspecified atom stereocenters. The third-order valence-corrected chi connectivity index (χ3v) is 2.28. The molecule has 2 aromatic rings. The van der Waals surface area contributed by atoms with E-state index >= 15 is 0 Å². The van der Waals surface area contributed by atoms with E-state index in [1.165, 1.54) is 0 Å². The number of aromatic amines is 1. The second kappa shape index (κ2) is 4.48. The van der Waals surface area contributed by atoms with Crippen LogP contribution in [-0.2, 0) is 6.18 Å². The molecule has 4 nitrogen and oxygen atoms in total. The Bertz CT molecular complexity index is 626. The predicted octanol–water partition coefficient (Wildman–Crippen LogP) is 2.52. The minimum atomic E-state index is -4.56. The first-order valence-corrected chi connectivity index (χ1v) is 4.93. The summed E-state index contributed by atoms with van der Waals surface area (Å²) in [5.74, 6) is -0.204. The zero-order valence-corrected chi connectivity index (χ0v) is 9.08. The maximum absolute atomic E-state index is 12.3. The third-order valence-electron chi connectivity index (χ3n) is 2.28. The SMILES string of the molecule is O=c1cc(C(F)F)[nH]n1-c1ccc(C(F)(F)F)cn1. The fourth-order valence-corrected chi connectivity index (χ4v) is 1.38. The molecule has 0 bridgehead atoms. The standard InChI is InChI=1S/C10H6F5N3O/c11-9(12)6-3-8(19)18(17-6)7-2-1-5(4-16-7)10(13,14)15/h1-4,9,17H. The van der Waals surface area contributed by atoms with Crippen molar-refractivity contribution in [1.82, 2.24) is 14.8 Å². The Hall–Kier alpha value is -2.19. The average Bonchev–Trinajstić information content (AvgIpc) is 2.70. The van der Waals surface area contributed by atoms with Crippen molar-refractivity contribution in [3.8, 4) is 5.82 Å². The van der Waals surface area contributed by atoms with Crippen molar-refractivity contribution in [2.45, 2.75) is 12.6 Å². The molecule has 0 atom stereocenters. The summed E-state index contributed by atoms with van der Waals surface area (Å²) in [6.07, 6.45) is -6.92. The fourth-order valence-electron chi connectivity index (χ4n) is 1.38. The minimum Gasteiger partial charge on any atom is -0.288 e. The molecule has 1 N–H and O–H groups in total. The molecule has 19 heavy (non-hydrogen) atoms. The van der Waals surface area contributed by atoms with E-state index in [1.54, 1.807) is 0 Å². The predicted molar refractivity (Wildman–Crippen MR) is 54.1 cm³/mol. The number of rotatable bonds is 2. The van der Waals surface area contributed by atoms with Crippen molar-refractivity contribution in [3.63, 3.8) is 0 Å². The highest BCUT2D eigenvalue weighted by Crippen LogP contribution is 2.28. The molecule has 102 valence electrons. The minimum absolute atomic E-state index is 0.204. The molecule has 0 radical (unpaired) electrons. The summed E-state index contributed by atoms with van der Waals surface area (Å²) in [6.45, 7) is 0. The lowest BCUT2D eigenvalue weighted by molar-refractivity contribution is -0.137. The summed E-state index contributed by atoms with van der Waals surface area (Å²) in [7, 11) is 0. The van der Waals surface area contributed by atoms with Gasteiger partial charge >= 0.3 is 6.18 Å². The Balaban J connectivity index is 2.40. The first-order valence-electron chi connectivity index (χ1n) is 4.93. The molecule has 2 aromatic heterocycles. The van der Waals surface area contributed by atoms with Gasteiger partial charge in [-0.05, 0) is 12.1 Å². The van der Waals surface area contributed by atoms with Crippen LogP contribution in [0, 0.1) is 0 Å². The van der Waals surface area contributed by atoms with Crippen molar-refractivity contribution in [3.05, 3.63) is 46.0 Å². The van der Waals surface area contributed by atoms with E-state index in [0.717, 1.165) is 6.07 Å². The quantitative estimate of drug-likeness (QED) is 0.859. The molecule has 0 fully saturated rings. The Morgan fingerprint density at radius 2 is 1.95 bits per heavy atom. The van der Waals surface area contributed by atoms with Gasteiger partial charge in [-0.3, -0.25) is 9.89 Å². The topological polar surface area (TPSA) is 50.7 Å². The van der Waals surface area contributed by atoms with Gasteiger partial charge in [0, 0.05) is 12.3 Å². The zero-order chi connectivity index (χ0) is 14.2. The summed E-state index contributed by atoms with van der Waals surface area (Å²) in [6, 6.07) is 2.28. The van der Waals surface area contributed by atoms with Crippen LogP contribution in [0.15, 0.2) is 29.2 Å². The van der Waals surface area contributed by atoms with Crippen molar-refractivity contribution in [1.29, 1.82) is 0 Å². The van der Waals surface area contributed by atoms with Gasteiger partial charge in [-0.1, -0.05) is 0 Å². The van der Waals surface area contributed by atoms with Gasteiger partial charge in [0.25, 0.3) is 12.0 Å². The summed E-state index contributed by atoms with van der Waals surface area (Å²) in [5, 5.41) is 2.07. The monoisotopic (exact) mass is 279 g/mol. The van der Waals surface area contributed by atoms with Crippen LogP contribution in [0.2, 0.25) is 0 Å². The maximum atomic E-state index is 12.3. The summed E-state index contributed by atoms with van der Waals surface area (Å²) in [5.41, 5.74) is -2.46. The Morgan fingerprint density at radius 1 is 1.26 bits per heavy atom. The molecule has 0 saturated carbocycles. The normalized spacial score (nSPS) is 12.1. The van der Waals surface area contributed by atoms with Crippen molar-refractivity contribution >= 4 is 0 Å². The molecule has 0 saturated heterocycles. The number of hydrogen-bond acceptors (Lipinski definition) is 2. The molecule has 0 spiro atoms. The van der Waals surface area contributed by atoms with Crippen molar-refractivity contribution in [2.24, 2.45) is 0 Å². The van der Waals surface area contributed by atoms with E-state index in [0.29, 0.717) is 23.0 Å². The number of alkyl halides is 5. The lowest BCUT2D eigenvalue weighted by Crippen LogP contribution is -2.15. The molecule has 0 aliphatic carbocycles. The van der Waals surface area contributed by atoms with Crippen LogP contribution in [0.1, 0.15) is 17.7 Å². The van der Waals surface area contributed by atoms with Gasteiger partial charge in [-0.25, -0.2) is 18.4 Å². The molecular formula is C10H6F5N3O. The van der Waals surface area contributed by atoms with E-state index in [4.69, 9.17) is 0 Å². The second-order valence-corrected chi connectivity index (χ2v) is 3.59. The van der Waals surface area contributed by atoms with Gasteiger partial charge < -0.3 is 0 Å². The van der Waals surface area contributed by atoms with E-state index in [9.17, 15) is 26.7 Å². The maximum Gasteiger partial charge on any atom is 0.417 e. The van der Waals surface area contributed by atoms with Crippen LogP contribution in [0.4, 0.5) is 22.0 Å². The fraction of sp³-hybridized carbons (Fsp3) is 0.200. The van der Waals surface area contributed by atoms with Gasteiger partial charge in [-0.15, -0.1) is 0 Å². The van der Waals surface area contributed by atoms with Crippen LogP contribution < -0.4 is 5.56 Å². The Morgan fingerprint density at radius 3 is 2.37 bits per heavy atom. The van der Waals surface area contributed by atoms with Gasteiger partial charge in [-0.2, -0.15) is 13.2 Å². The third kappa shape index (κ3) is 2.64.